The zero-order valence-corrected chi connectivity index (χ0v) is 42.7. The number of oxazole rings is 1. The van der Waals surface area contributed by atoms with Crippen LogP contribution in [0.2, 0.25) is 0 Å². The van der Waals surface area contributed by atoms with Crippen molar-refractivity contribution in [1.82, 2.24) is 20.6 Å². The van der Waals surface area contributed by atoms with Crippen LogP contribution in [0, 0.1) is 6.92 Å². The topological polar surface area (TPSA) is 133 Å². The first-order valence-corrected chi connectivity index (χ1v) is 23.9. The molecule has 0 unspecified atom stereocenters. The number of benzene rings is 2. The Morgan fingerprint density at radius 3 is 1.45 bits per heavy atom. The number of aromatic nitrogens is 2. The van der Waals surface area contributed by atoms with E-state index in [1.165, 1.54) is 32.2 Å². The quantitative estimate of drug-likeness (QED) is 0.0403. The molecule has 2 heterocycles. The van der Waals surface area contributed by atoms with E-state index in [-0.39, 0.29) is 51.0 Å². The van der Waals surface area contributed by atoms with Gasteiger partial charge in [-0.05, 0) is 67.0 Å². The van der Waals surface area contributed by atoms with Crippen molar-refractivity contribution in [2.75, 3.05) is 13.2 Å². The van der Waals surface area contributed by atoms with E-state index in [4.69, 9.17) is 13.9 Å². The smallest absolute Gasteiger partial charge is 0.457 e. The molecule has 0 radical (unpaired) electrons. The zero-order valence-electron chi connectivity index (χ0n) is 41.9. The van der Waals surface area contributed by atoms with Crippen molar-refractivity contribution in [2.24, 2.45) is 0 Å². The third-order valence-corrected chi connectivity index (χ3v) is 13.6. The minimum atomic E-state index is -8.22. The Morgan fingerprint density at radius 1 is 0.607 bits per heavy atom. The number of fused-ring (bicyclic) bond motifs is 3. The summed E-state index contributed by atoms with van der Waals surface area (Å²) in [7, 11) is 0. The van der Waals surface area contributed by atoms with Crippen LogP contribution in [-0.4, -0.2) is 113 Å². The van der Waals surface area contributed by atoms with Gasteiger partial charge in [0.15, 0.2) is 11.4 Å². The molecule has 0 saturated heterocycles. The van der Waals surface area contributed by atoms with Gasteiger partial charge in [0.25, 0.3) is 5.91 Å². The molecule has 84 heavy (non-hydrogen) atoms. The van der Waals surface area contributed by atoms with Crippen molar-refractivity contribution in [3.05, 3.63) is 105 Å². The maximum atomic E-state index is 14.9. The molecule has 1 aliphatic carbocycles. The monoisotopic (exact) mass is 1280 g/mol. The summed E-state index contributed by atoms with van der Waals surface area (Å²) in [5, 5.41) is 6.27. The number of hydrogen-bond acceptors (Lipinski definition) is 9. The summed E-state index contributed by atoms with van der Waals surface area (Å²) in [5.41, 5.74) is -3.04. The molecule has 2 aromatic carbocycles. The Morgan fingerprint density at radius 2 is 1.04 bits per heavy atom. The lowest BCUT2D eigenvalue weighted by atomic mass is 9.90. The van der Waals surface area contributed by atoms with E-state index in [1.54, 1.807) is 0 Å². The average Bonchev–Trinajstić information content (AvgIpc) is 1.09. The van der Waals surface area contributed by atoms with Crippen LogP contribution in [0.1, 0.15) is 105 Å². The fourth-order valence-corrected chi connectivity index (χ4v) is 8.63. The first-order chi connectivity index (χ1) is 37.9. The molecule has 0 bridgehead atoms. The maximum Gasteiger partial charge on any atom is 0.460 e. The van der Waals surface area contributed by atoms with Gasteiger partial charge in [0, 0.05) is 24.1 Å². The summed E-state index contributed by atoms with van der Waals surface area (Å²) < 4.78 is 375. The lowest BCUT2D eigenvalue weighted by molar-refractivity contribution is -0.440. The fourth-order valence-electron chi connectivity index (χ4n) is 7.84. The molecule has 4 aromatic rings. The molecule has 0 saturated carbocycles. The number of halogens is 26. The van der Waals surface area contributed by atoms with Gasteiger partial charge < -0.3 is 24.5 Å². The third-order valence-electron chi connectivity index (χ3n) is 12.6. The maximum absolute atomic E-state index is 14.9. The number of amides is 2. The van der Waals surface area contributed by atoms with Crippen LogP contribution in [0.4, 0.5) is 119 Å². The van der Waals surface area contributed by atoms with Crippen LogP contribution >= 0.6 is 11.3 Å². The van der Waals surface area contributed by atoms with Crippen LogP contribution in [0.5, 0.6) is 0 Å². The van der Waals surface area contributed by atoms with Crippen molar-refractivity contribution in [1.29, 1.82) is 0 Å². The standard InChI is InChI=1S/C47H36F26N4O6S/c1-5-14-81-34(79)29-18-84-33(76-29)20(3)74-31(78)30-21(4)83-32(77-30)19(2)75-35(80)82-17-28-26-15-22(10-12-36(48,49)38(52,53)40(56,57)42(60,61)44(64,65)46(68,69)70)6-8-24(26)25-9-7-23(16-27(25)28)11-13-37(50,51)39(54,55)41(58,59)43(62,63)45(66,67)47(71,72)73/h5-9,15-16,18-20,28H,1,10-14,17H2,2-4H3,(H,74,78)(H,75,80)/t19-,20-/m1/s1. The number of esters is 1. The molecule has 0 aliphatic heterocycles. The van der Waals surface area contributed by atoms with E-state index >= 15 is 0 Å². The Balaban J connectivity index is 1.42. The first kappa shape index (κ1) is 68.2. The molecular formula is C47H36F26N4O6S. The highest BCUT2D eigenvalue weighted by Crippen LogP contribution is 2.63. The van der Waals surface area contributed by atoms with E-state index in [9.17, 15) is 129 Å². The molecule has 2 amide bonds. The number of carbonyl (C=O) groups excluding carboxylic acids is 3. The van der Waals surface area contributed by atoms with Gasteiger partial charge >= 0.3 is 83.6 Å². The van der Waals surface area contributed by atoms with Gasteiger partial charge in [0.1, 0.15) is 30.0 Å². The molecule has 5 rings (SSSR count). The number of thiazole rings is 1. The SMILES string of the molecule is C=CCOC(=O)c1csc([C@@H](C)NC(=O)c2nc([C@@H](C)NC(=O)OCC3c4cc(CCC(F)(F)C(F)(F)C(F)(F)C(F)(F)C(F)(F)C(F)(F)F)ccc4-c4ccc(CCC(F)(F)C(F)(F)C(F)(F)C(F)(F)C(F)(F)C(F)(F)F)cc43)oc2C)n1. The number of alkyl carbamates (subject to hydrolysis) is 1. The first-order valence-electron chi connectivity index (χ1n) is 23.0. The predicted octanol–water partition coefficient (Wildman–Crippen LogP) is 15.2. The highest BCUT2D eigenvalue weighted by molar-refractivity contribution is 7.09. The Labute approximate surface area is 456 Å². The highest BCUT2D eigenvalue weighted by atomic mass is 32.1. The van der Waals surface area contributed by atoms with Gasteiger partial charge in [-0.25, -0.2) is 19.6 Å². The Bertz CT molecular complexity index is 2970. The summed E-state index contributed by atoms with van der Waals surface area (Å²) in [5.74, 6) is -81.3. The number of nitrogens with one attached hydrogen (secondary N) is 2. The summed E-state index contributed by atoms with van der Waals surface area (Å²) in [4.78, 5) is 46.7. The van der Waals surface area contributed by atoms with E-state index in [1.807, 2.05) is 0 Å². The molecule has 2 N–H and O–H groups in total. The molecular weight excluding hydrogens is 1240 g/mol. The van der Waals surface area contributed by atoms with E-state index in [2.05, 4.69) is 27.2 Å². The summed E-state index contributed by atoms with van der Waals surface area (Å²) in [6, 6.07) is 2.23. The lowest BCUT2D eigenvalue weighted by Gasteiger charge is -2.39. The molecule has 2 aromatic heterocycles. The van der Waals surface area contributed by atoms with Crippen LogP contribution in [0.3, 0.4) is 0 Å². The average molecular weight is 1280 g/mol. The van der Waals surface area contributed by atoms with Crippen LogP contribution in [-0.2, 0) is 22.3 Å². The van der Waals surface area contributed by atoms with Gasteiger partial charge in [-0.15, -0.1) is 11.3 Å². The van der Waals surface area contributed by atoms with Gasteiger partial charge in [0.2, 0.25) is 5.89 Å². The number of carbonyl (C=O) groups is 3. The van der Waals surface area contributed by atoms with Gasteiger partial charge in [0.05, 0.1) is 6.04 Å². The number of ether oxygens (including phenoxy) is 2. The van der Waals surface area contributed by atoms with Gasteiger partial charge in [-0.1, -0.05) is 49.1 Å². The molecule has 1 aliphatic rings. The molecule has 0 fully saturated rings. The molecule has 468 valence electrons. The van der Waals surface area contributed by atoms with Crippen molar-refractivity contribution in [3.63, 3.8) is 0 Å². The van der Waals surface area contributed by atoms with E-state index in [0.29, 0.717) is 24.3 Å². The summed E-state index contributed by atoms with van der Waals surface area (Å²) in [6.07, 6.45) is -24.5. The van der Waals surface area contributed by atoms with Crippen LogP contribution in [0.15, 0.2) is 58.9 Å². The van der Waals surface area contributed by atoms with E-state index in [0.717, 1.165) is 23.5 Å². The minimum absolute atomic E-state index is 0.103. The van der Waals surface area contributed by atoms with Crippen LogP contribution in [0.25, 0.3) is 11.1 Å². The fraction of sp³-hybridized carbons (Fsp3) is 0.511. The molecule has 2 atom stereocenters. The third kappa shape index (κ3) is 11.9. The minimum Gasteiger partial charge on any atom is -0.457 e. The van der Waals surface area contributed by atoms with Gasteiger partial charge in [-0.2, -0.15) is 114 Å². The summed E-state index contributed by atoms with van der Waals surface area (Å²) in [6.45, 7) is 6.05. The number of rotatable bonds is 24. The Hall–Kier alpha value is -6.59. The highest BCUT2D eigenvalue weighted by Gasteiger charge is 2.92. The van der Waals surface area contributed by atoms with Crippen molar-refractivity contribution >= 4 is 29.3 Å². The lowest BCUT2D eigenvalue weighted by Crippen LogP contribution is -2.70. The van der Waals surface area contributed by atoms with Crippen LogP contribution < -0.4 is 10.6 Å². The van der Waals surface area contributed by atoms with Crippen molar-refractivity contribution < 1.29 is 142 Å². The van der Waals surface area contributed by atoms with E-state index < -0.39 is 157 Å². The normalized spacial score (nSPS) is 15.3. The number of nitrogens with zero attached hydrogens (tertiary/aromatic N) is 2. The second kappa shape index (κ2) is 22.7. The number of alkyl halides is 26. The van der Waals surface area contributed by atoms with Gasteiger partial charge in [-0.3, -0.25) is 4.79 Å². The number of aryl methyl sites for hydroxylation is 3. The molecule has 37 heteroatoms. The number of hydrogen-bond donors (Lipinski definition) is 2. The van der Waals surface area contributed by atoms with Crippen molar-refractivity contribution in [2.45, 2.75) is 136 Å². The predicted molar refractivity (Wildman–Crippen MR) is 235 cm³/mol. The Kier molecular flexibility index (Phi) is 18.4. The molecule has 10 nitrogen and oxygen atoms in total. The zero-order chi connectivity index (χ0) is 64.4. The largest absolute Gasteiger partial charge is 0.460 e. The second-order valence-corrected chi connectivity index (χ2v) is 19.4. The summed E-state index contributed by atoms with van der Waals surface area (Å²) >= 11 is 0.956. The molecule has 0 spiro atoms. The van der Waals surface area contributed by atoms with Crippen molar-refractivity contribution in [3.8, 4) is 11.1 Å². The second-order valence-electron chi connectivity index (χ2n) is 18.5.